The molecule has 0 aliphatic rings. The van der Waals surface area contributed by atoms with Crippen LogP contribution in [-0.4, -0.2) is 20.1 Å². The molecule has 2 heterocycles. The first-order valence-corrected chi connectivity index (χ1v) is 7.54. The van der Waals surface area contributed by atoms with Crippen LogP contribution in [0.5, 0.6) is 0 Å². The van der Waals surface area contributed by atoms with Crippen LogP contribution in [0.15, 0.2) is 41.1 Å². The van der Waals surface area contributed by atoms with Crippen molar-refractivity contribution < 1.29 is 17.3 Å². The van der Waals surface area contributed by atoms with Gasteiger partial charge in [0.15, 0.2) is 0 Å². The molecule has 18 heavy (non-hydrogen) atoms. The molecule has 1 N–H and O–H groups in total. The Morgan fingerprint density at radius 2 is 1.61 bits per heavy atom. The van der Waals surface area contributed by atoms with E-state index in [9.17, 15) is 0 Å². The molecule has 0 aromatic carbocycles. The molecule has 0 fully saturated rings. The van der Waals surface area contributed by atoms with Gasteiger partial charge < -0.3 is 17.3 Å². The van der Waals surface area contributed by atoms with Crippen LogP contribution in [0.4, 0.5) is 0 Å². The highest BCUT2D eigenvalue weighted by Crippen LogP contribution is 2.30. The molecule has 0 saturated carbocycles. The third-order valence-corrected chi connectivity index (χ3v) is 4.71. The Labute approximate surface area is 123 Å². The largest absolute Gasteiger partial charge is 1.00 e. The van der Waals surface area contributed by atoms with Crippen LogP contribution in [0.1, 0.15) is 16.7 Å². The first-order chi connectivity index (χ1) is 8.18. The number of quaternary nitrogens is 1. The van der Waals surface area contributed by atoms with Gasteiger partial charge in [-0.1, -0.05) is 12.1 Å². The second-order valence-corrected chi connectivity index (χ2v) is 6.30. The van der Waals surface area contributed by atoms with E-state index in [1.165, 1.54) is 20.2 Å². The lowest BCUT2D eigenvalue weighted by atomic mass is 10.1. The third-order valence-electron chi connectivity index (χ3n) is 2.90. The summed E-state index contributed by atoms with van der Waals surface area (Å²) in [6, 6.07) is 9.17. The number of hydrogen-bond acceptors (Lipinski definition) is 2. The van der Waals surface area contributed by atoms with Gasteiger partial charge in [-0.15, -0.1) is 22.7 Å². The Morgan fingerprint density at radius 1 is 1.11 bits per heavy atom. The van der Waals surface area contributed by atoms with E-state index < -0.39 is 0 Å². The van der Waals surface area contributed by atoms with Gasteiger partial charge in [-0.05, 0) is 35.9 Å². The van der Waals surface area contributed by atoms with Crippen LogP contribution in [0.25, 0.3) is 5.57 Å². The summed E-state index contributed by atoms with van der Waals surface area (Å²) in [6.07, 6.45) is 2.38. The average Bonchev–Trinajstić information content (AvgIpc) is 2.98. The number of hydrogen-bond donors (Lipinski definition) is 1. The zero-order valence-corrected chi connectivity index (χ0v) is 13.2. The predicted octanol–water partition coefficient (Wildman–Crippen LogP) is -0.222. The number of halogens is 1. The molecule has 98 valence electrons. The molecule has 1 unspecified atom stereocenters. The molecule has 2 aromatic rings. The molecule has 0 aliphatic heterocycles. The molecule has 1 nitrogen and oxygen atoms in total. The summed E-state index contributed by atoms with van der Waals surface area (Å²) in [5.74, 6) is 0. The summed E-state index contributed by atoms with van der Waals surface area (Å²) in [5, 5.41) is 4.29. The highest BCUT2D eigenvalue weighted by Gasteiger charge is 2.12. The summed E-state index contributed by atoms with van der Waals surface area (Å²) in [5.41, 5.74) is 1.38. The first kappa shape index (κ1) is 15.4. The van der Waals surface area contributed by atoms with Gasteiger partial charge in [0.25, 0.3) is 0 Å². The van der Waals surface area contributed by atoms with Crippen molar-refractivity contribution in [1.82, 2.24) is 0 Å². The van der Waals surface area contributed by atoms with Crippen molar-refractivity contribution in [2.75, 3.05) is 14.1 Å². The molecular formula is C14H18ClNS2. The maximum absolute atomic E-state index is 2.38. The normalized spacial score (nSPS) is 12.0. The Kier molecular flexibility index (Phi) is 6.09. The van der Waals surface area contributed by atoms with Gasteiger partial charge in [0.2, 0.25) is 0 Å². The summed E-state index contributed by atoms with van der Waals surface area (Å²) < 4.78 is 0. The average molecular weight is 300 g/mol. The zero-order valence-electron chi connectivity index (χ0n) is 10.8. The Morgan fingerprint density at radius 3 is 1.94 bits per heavy atom. The fourth-order valence-corrected chi connectivity index (χ4v) is 3.16. The molecule has 4 heteroatoms. The fraction of sp³-hybridized carbons (Fsp3) is 0.286. The van der Waals surface area contributed by atoms with Gasteiger partial charge >= 0.3 is 0 Å². The number of nitrogens with one attached hydrogen (secondary N) is 1. The van der Waals surface area contributed by atoms with E-state index in [0.29, 0.717) is 6.04 Å². The molecule has 0 amide bonds. The Balaban J connectivity index is 0.00000162. The summed E-state index contributed by atoms with van der Waals surface area (Å²) in [4.78, 5) is 4.18. The van der Waals surface area contributed by atoms with Crippen LogP contribution >= 0.6 is 22.7 Å². The quantitative estimate of drug-likeness (QED) is 0.796. The van der Waals surface area contributed by atoms with Crippen molar-refractivity contribution in [3.8, 4) is 0 Å². The van der Waals surface area contributed by atoms with Crippen LogP contribution in [0.2, 0.25) is 0 Å². The smallest absolute Gasteiger partial charge is 0.104 e. The minimum Gasteiger partial charge on any atom is -1.00 e. The van der Waals surface area contributed by atoms with E-state index in [2.05, 4.69) is 62.1 Å². The van der Waals surface area contributed by atoms with Gasteiger partial charge in [0, 0.05) is 15.3 Å². The SMILES string of the molecule is CC(C=C(c1cccs1)c1cccs1)[NH+](C)C.[Cl-]. The van der Waals surface area contributed by atoms with E-state index in [-0.39, 0.29) is 12.4 Å². The van der Waals surface area contributed by atoms with E-state index >= 15 is 0 Å². The van der Waals surface area contributed by atoms with Crippen molar-refractivity contribution in [1.29, 1.82) is 0 Å². The maximum atomic E-state index is 2.38. The molecule has 1 atom stereocenters. The summed E-state index contributed by atoms with van der Waals surface area (Å²) in [6.45, 7) is 2.26. The standard InChI is InChI=1S/C14H17NS2.ClH/c1-11(15(2)3)10-12(13-6-4-8-16-13)14-7-5-9-17-14;/h4-11H,1-3H3;1H. The molecule has 0 saturated heterocycles. The van der Waals surface area contributed by atoms with E-state index in [1.807, 2.05) is 22.7 Å². The lowest BCUT2D eigenvalue weighted by Crippen LogP contribution is -3.09. The van der Waals surface area contributed by atoms with Crippen molar-refractivity contribution in [3.05, 3.63) is 50.9 Å². The van der Waals surface area contributed by atoms with Gasteiger partial charge in [-0.2, -0.15) is 0 Å². The maximum Gasteiger partial charge on any atom is 0.104 e. The van der Waals surface area contributed by atoms with Crippen LogP contribution < -0.4 is 17.3 Å². The minimum atomic E-state index is 0. The summed E-state index contributed by atoms with van der Waals surface area (Å²) in [7, 11) is 4.39. The molecule has 0 aliphatic carbocycles. The molecule has 2 rings (SSSR count). The van der Waals surface area contributed by atoms with Gasteiger partial charge in [0.1, 0.15) is 6.04 Å². The van der Waals surface area contributed by atoms with Crippen molar-refractivity contribution in [3.63, 3.8) is 0 Å². The van der Waals surface area contributed by atoms with Crippen LogP contribution in [0, 0.1) is 0 Å². The van der Waals surface area contributed by atoms with Gasteiger partial charge in [-0.25, -0.2) is 0 Å². The van der Waals surface area contributed by atoms with Gasteiger partial charge in [0.05, 0.1) is 14.1 Å². The van der Waals surface area contributed by atoms with Crippen molar-refractivity contribution >= 4 is 28.2 Å². The molecule has 0 spiro atoms. The molecule has 2 aromatic heterocycles. The monoisotopic (exact) mass is 299 g/mol. The molecule has 0 bridgehead atoms. The third kappa shape index (κ3) is 3.69. The number of rotatable bonds is 4. The van der Waals surface area contributed by atoms with Gasteiger partial charge in [-0.3, -0.25) is 0 Å². The second kappa shape index (κ2) is 7.10. The highest BCUT2D eigenvalue weighted by atomic mass is 35.5. The van der Waals surface area contributed by atoms with E-state index in [0.717, 1.165) is 0 Å². The van der Waals surface area contributed by atoms with Crippen LogP contribution in [-0.2, 0) is 0 Å². The molecular weight excluding hydrogens is 282 g/mol. The molecule has 0 radical (unpaired) electrons. The fourth-order valence-electron chi connectivity index (χ4n) is 1.57. The highest BCUT2D eigenvalue weighted by molar-refractivity contribution is 7.13. The minimum absolute atomic E-state index is 0. The predicted molar refractivity (Wildman–Crippen MR) is 78.0 cm³/mol. The number of thiophene rings is 2. The van der Waals surface area contributed by atoms with E-state index in [1.54, 1.807) is 0 Å². The Bertz CT molecular complexity index is 436. The lowest BCUT2D eigenvalue weighted by molar-refractivity contribution is -0.876. The van der Waals surface area contributed by atoms with Crippen molar-refractivity contribution in [2.24, 2.45) is 0 Å². The van der Waals surface area contributed by atoms with Crippen molar-refractivity contribution in [2.45, 2.75) is 13.0 Å². The second-order valence-electron chi connectivity index (χ2n) is 4.40. The first-order valence-electron chi connectivity index (χ1n) is 5.78. The lowest BCUT2D eigenvalue weighted by Gasteiger charge is -2.14. The zero-order chi connectivity index (χ0) is 12.3. The van der Waals surface area contributed by atoms with Crippen LogP contribution in [0.3, 0.4) is 0 Å². The Hall–Kier alpha value is -0.610. The van der Waals surface area contributed by atoms with E-state index in [4.69, 9.17) is 0 Å². The summed E-state index contributed by atoms with van der Waals surface area (Å²) >= 11 is 3.62. The topological polar surface area (TPSA) is 4.44 Å². The number of likely N-dealkylation sites (N-methyl/N-ethyl adjacent to an activating group) is 1.